The van der Waals surface area contributed by atoms with Gasteiger partial charge in [0.1, 0.15) is 6.04 Å². The van der Waals surface area contributed by atoms with Crippen LogP contribution >= 0.6 is 0 Å². The molecule has 1 atom stereocenters. The predicted octanol–water partition coefficient (Wildman–Crippen LogP) is 2.24. The van der Waals surface area contributed by atoms with Crippen molar-refractivity contribution in [1.82, 2.24) is 0 Å². The lowest BCUT2D eigenvalue weighted by Gasteiger charge is -2.23. The Morgan fingerprint density at radius 3 is 2.58 bits per heavy atom. The fourth-order valence-electron chi connectivity index (χ4n) is 3.40. The maximum Gasteiger partial charge on any atom is 0.166 e. The topological polar surface area (TPSA) is 46.3 Å². The first kappa shape index (κ1) is 16.5. The van der Waals surface area contributed by atoms with Gasteiger partial charge in [0.15, 0.2) is 11.5 Å². The van der Waals surface area contributed by atoms with Gasteiger partial charge in [0.05, 0.1) is 26.7 Å². The molecule has 2 aromatic carbocycles. The summed E-state index contributed by atoms with van der Waals surface area (Å²) in [6.45, 7) is 3.13. The van der Waals surface area contributed by atoms with Crippen LogP contribution in [0.25, 0.3) is 0 Å². The molecule has 3 rings (SSSR count). The Hall–Kier alpha value is -2.33. The minimum absolute atomic E-state index is 0.147. The molecule has 24 heavy (non-hydrogen) atoms. The van der Waals surface area contributed by atoms with Crippen LogP contribution in [-0.4, -0.2) is 38.1 Å². The van der Waals surface area contributed by atoms with E-state index < -0.39 is 0 Å². The van der Waals surface area contributed by atoms with E-state index in [1.54, 1.807) is 24.3 Å². The number of para-hydroxylation sites is 1. The fraction of sp³-hybridized carbons (Fsp3) is 0.350. The number of hydrogen-bond acceptors (Lipinski definition) is 3. The van der Waals surface area contributed by atoms with Gasteiger partial charge in [-0.3, -0.25) is 4.99 Å². The first-order valence-corrected chi connectivity index (χ1v) is 8.55. The number of likely N-dealkylation sites (tertiary alicyclic amines) is 1. The third-order valence-corrected chi connectivity index (χ3v) is 4.71. The Balaban J connectivity index is 1.76. The van der Waals surface area contributed by atoms with E-state index in [0.717, 1.165) is 6.54 Å². The summed E-state index contributed by atoms with van der Waals surface area (Å²) in [6.07, 6.45) is 4.33. The molecular formula is C20H25N2O2+. The summed E-state index contributed by atoms with van der Waals surface area (Å²) in [5.41, 5.74) is 2.03. The van der Waals surface area contributed by atoms with Crippen LogP contribution in [0.1, 0.15) is 30.0 Å². The molecule has 0 aromatic heterocycles. The normalized spacial score (nSPS) is 16.5. The molecular weight excluding hydrogens is 300 g/mol. The van der Waals surface area contributed by atoms with Crippen molar-refractivity contribution in [2.24, 2.45) is 4.99 Å². The quantitative estimate of drug-likeness (QED) is 0.800. The lowest BCUT2D eigenvalue weighted by molar-refractivity contribution is -0.918. The molecule has 0 aliphatic carbocycles. The smallest absolute Gasteiger partial charge is 0.166 e. The number of methoxy groups -OCH3 is 1. The second kappa shape index (κ2) is 7.97. The lowest BCUT2D eigenvalue weighted by atomic mass is 10.1. The molecule has 1 saturated heterocycles. The summed E-state index contributed by atoms with van der Waals surface area (Å²) in [6, 6.07) is 16.4. The van der Waals surface area contributed by atoms with Crippen LogP contribution < -0.4 is 9.64 Å². The van der Waals surface area contributed by atoms with Gasteiger partial charge in [0, 0.05) is 30.2 Å². The number of hydrogen-bond donors (Lipinski definition) is 2. The molecule has 0 spiro atoms. The van der Waals surface area contributed by atoms with E-state index in [4.69, 9.17) is 4.74 Å². The van der Waals surface area contributed by atoms with E-state index in [0.29, 0.717) is 17.4 Å². The van der Waals surface area contributed by atoms with Crippen LogP contribution in [0.4, 0.5) is 0 Å². The number of ether oxygens (including phenoxy) is 1. The van der Waals surface area contributed by atoms with Crippen LogP contribution in [0.3, 0.4) is 0 Å². The van der Waals surface area contributed by atoms with Gasteiger partial charge in [-0.05, 0) is 12.1 Å². The van der Waals surface area contributed by atoms with Crippen molar-refractivity contribution < 1.29 is 14.7 Å². The molecule has 4 heteroatoms. The fourth-order valence-corrected chi connectivity index (χ4v) is 3.40. The summed E-state index contributed by atoms with van der Waals surface area (Å²) in [7, 11) is 1.55. The number of rotatable bonds is 6. The van der Waals surface area contributed by atoms with E-state index in [9.17, 15) is 5.11 Å². The number of phenols is 1. The number of nitrogens with one attached hydrogen (secondary N) is 1. The van der Waals surface area contributed by atoms with Gasteiger partial charge in [-0.1, -0.05) is 36.4 Å². The summed E-state index contributed by atoms with van der Waals surface area (Å²) in [5, 5.41) is 10.2. The van der Waals surface area contributed by atoms with Crippen molar-refractivity contribution >= 4 is 6.21 Å². The van der Waals surface area contributed by atoms with Crippen molar-refractivity contribution in [3.05, 3.63) is 59.7 Å². The number of benzene rings is 2. The van der Waals surface area contributed by atoms with Gasteiger partial charge in [0.2, 0.25) is 0 Å². The Kier molecular flexibility index (Phi) is 5.49. The van der Waals surface area contributed by atoms with Crippen molar-refractivity contribution in [3.8, 4) is 11.5 Å². The van der Waals surface area contributed by atoms with E-state index in [2.05, 4.69) is 35.3 Å². The number of nitrogens with zero attached hydrogens (tertiary/aromatic N) is 1. The zero-order valence-electron chi connectivity index (χ0n) is 14.1. The maximum absolute atomic E-state index is 10.2. The SMILES string of the molecule is COc1cccc(C=NC[C@H](c2ccccc2)[NH+]2CCCC2)c1O. The molecule has 0 bridgehead atoms. The minimum atomic E-state index is 0.147. The van der Waals surface area contributed by atoms with Crippen molar-refractivity contribution in [2.75, 3.05) is 26.7 Å². The van der Waals surface area contributed by atoms with Crippen LogP contribution in [-0.2, 0) is 0 Å². The number of aliphatic imine (C=N–C) groups is 1. The highest BCUT2D eigenvalue weighted by Crippen LogP contribution is 2.28. The van der Waals surface area contributed by atoms with E-state index in [-0.39, 0.29) is 5.75 Å². The second-order valence-corrected chi connectivity index (χ2v) is 6.22. The molecule has 1 heterocycles. The average Bonchev–Trinajstić information content (AvgIpc) is 3.15. The monoisotopic (exact) mass is 325 g/mol. The van der Waals surface area contributed by atoms with Gasteiger partial charge in [-0.15, -0.1) is 0 Å². The van der Waals surface area contributed by atoms with Crippen LogP contribution in [0.2, 0.25) is 0 Å². The summed E-state index contributed by atoms with van der Waals surface area (Å²) < 4.78 is 5.15. The molecule has 1 aliphatic heterocycles. The number of quaternary nitrogens is 1. The second-order valence-electron chi connectivity index (χ2n) is 6.22. The van der Waals surface area contributed by atoms with Gasteiger partial charge in [-0.2, -0.15) is 0 Å². The summed E-state index contributed by atoms with van der Waals surface area (Å²) >= 11 is 0. The van der Waals surface area contributed by atoms with Gasteiger partial charge < -0.3 is 14.7 Å². The number of aromatic hydroxyl groups is 1. The van der Waals surface area contributed by atoms with Crippen molar-refractivity contribution in [3.63, 3.8) is 0 Å². The minimum Gasteiger partial charge on any atom is -0.504 e. The highest BCUT2D eigenvalue weighted by molar-refractivity contribution is 5.84. The third kappa shape index (κ3) is 3.77. The van der Waals surface area contributed by atoms with Gasteiger partial charge in [-0.25, -0.2) is 0 Å². The Labute approximate surface area is 143 Å². The van der Waals surface area contributed by atoms with E-state index >= 15 is 0 Å². The van der Waals surface area contributed by atoms with E-state index in [1.807, 2.05) is 12.1 Å². The maximum atomic E-state index is 10.2. The largest absolute Gasteiger partial charge is 0.504 e. The molecule has 4 nitrogen and oxygen atoms in total. The first-order chi connectivity index (χ1) is 11.8. The Morgan fingerprint density at radius 2 is 1.88 bits per heavy atom. The molecule has 2 N–H and O–H groups in total. The predicted molar refractivity (Wildman–Crippen MR) is 96.2 cm³/mol. The molecule has 0 radical (unpaired) electrons. The van der Waals surface area contributed by atoms with E-state index in [1.165, 1.54) is 31.5 Å². The molecule has 0 amide bonds. The Morgan fingerprint density at radius 1 is 1.12 bits per heavy atom. The molecule has 1 fully saturated rings. The molecule has 2 aromatic rings. The zero-order valence-corrected chi connectivity index (χ0v) is 14.1. The van der Waals surface area contributed by atoms with Crippen molar-refractivity contribution in [1.29, 1.82) is 0 Å². The third-order valence-electron chi connectivity index (χ3n) is 4.71. The van der Waals surface area contributed by atoms with Crippen LogP contribution in [0, 0.1) is 0 Å². The standard InChI is InChI=1S/C20H24N2O2/c1-24-19-11-7-10-17(20(19)23)14-21-15-18(22-12-5-6-13-22)16-8-3-2-4-9-16/h2-4,7-11,14,18,23H,5-6,12-13,15H2,1H3/p+1/t18-/m1/s1. The summed E-state index contributed by atoms with van der Waals surface area (Å²) in [5.74, 6) is 0.622. The molecule has 0 saturated carbocycles. The van der Waals surface area contributed by atoms with Crippen LogP contribution in [0.5, 0.6) is 11.5 Å². The van der Waals surface area contributed by atoms with Crippen LogP contribution in [0.15, 0.2) is 53.5 Å². The molecule has 1 aliphatic rings. The highest BCUT2D eigenvalue weighted by Gasteiger charge is 2.26. The highest BCUT2D eigenvalue weighted by atomic mass is 16.5. The Bertz CT molecular complexity index is 679. The van der Waals surface area contributed by atoms with Gasteiger partial charge in [0.25, 0.3) is 0 Å². The number of phenolic OH excluding ortho intramolecular Hbond substituents is 1. The first-order valence-electron chi connectivity index (χ1n) is 8.55. The lowest BCUT2D eigenvalue weighted by Crippen LogP contribution is -3.10. The van der Waals surface area contributed by atoms with Gasteiger partial charge >= 0.3 is 0 Å². The molecule has 126 valence electrons. The summed E-state index contributed by atoms with van der Waals surface area (Å²) in [4.78, 5) is 6.24. The zero-order chi connectivity index (χ0) is 16.8. The van der Waals surface area contributed by atoms with Crippen molar-refractivity contribution in [2.45, 2.75) is 18.9 Å². The average molecular weight is 325 g/mol. The molecule has 0 unspecified atom stereocenters.